The number of carbonyl (C=O) groups excluding carboxylic acids is 10. The molecule has 1 unspecified atom stereocenters. The van der Waals surface area contributed by atoms with E-state index in [2.05, 4.69) is 47.9 Å². The Bertz CT molecular complexity index is 3450. The van der Waals surface area contributed by atoms with Gasteiger partial charge in [0.05, 0.1) is 0 Å². The van der Waals surface area contributed by atoms with Crippen molar-refractivity contribution in [3.63, 3.8) is 0 Å². The van der Waals surface area contributed by atoms with Gasteiger partial charge in [0.15, 0.2) is 0 Å². The molecule has 90 heavy (non-hydrogen) atoms. The van der Waals surface area contributed by atoms with Crippen LogP contribution in [0.15, 0.2) is 115 Å². The van der Waals surface area contributed by atoms with E-state index < -0.39 is 105 Å². The molecule has 1 heterocycles. The van der Waals surface area contributed by atoms with Gasteiger partial charge < -0.3 is 52.6 Å². The Balaban J connectivity index is 1.13. The van der Waals surface area contributed by atoms with E-state index in [0.717, 1.165) is 52.1 Å². The van der Waals surface area contributed by atoms with Gasteiger partial charge in [-0.25, -0.2) is 4.79 Å². The number of hydrogen-bond acceptors (Lipinski definition) is 13. The van der Waals surface area contributed by atoms with Gasteiger partial charge in [0, 0.05) is 30.3 Å². The average molecular weight is 1270 g/mol. The second-order valence-electron chi connectivity index (χ2n) is 26.3. The van der Waals surface area contributed by atoms with E-state index in [1.807, 2.05) is 125 Å². The highest BCUT2D eigenvalue weighted by atomic mass is 33.1. The topological polar surface area (TPSA) is 288 Å². The van der Waals surface area contributed by atoms with Crippen molar-refractivity contribution >= 4 is 102 Å². The standard InChI is InChI=1S/C68H89N9O11S2/c1-42(69-53(78)30-22-21-29-50-35-36-89-90-50)54(79)72-65(6,7)59(84)75-63(2,3)57(82)70-51(39-44-31-33-46-25-17-19-27-48(46)37-44)55(80)73-66(8,9)60(85)76-64(4,5)58(83)71-52(40-45-32-34-47-26-18-20-28-49(47)38-45)56(81)74-67(10,11)61(86)77-68(12,13)62(87)88-41-43-23-15-14-16-24-43/h14-20,23-28,31-34,37-38,42,50-52H,21-22,29-30,35-36,39-41H2,1-13H3,(H,69,78)(H,70,82)(H,71,83)(H,72,79)(H,73,80)(H,74,81)(H,75,84)(H,76,85)(H,77,86)/t42-,50?,51-,52-/m0/s1. The van der Waals surface area contributed by atoms with Crippen LogP contribution in [-0.2, 0) is 72.1 Å². The normalized spacial score (nSPS) is 14.8. The molecule has 0 spiro atoms. The van der Waals surface area contributed by atoms with Crippen molar-refractivity contribution < 1.29 is 52.7 Å². The number of hydrogen-bond donors (Lipinski definition) is 9. The largest absolute Gasteiger partial charge is 0.459 e. The fraction of sp³-hybridized carbons (Fsp3) is 0.471. The van der Waals surface area contributed by atoms with Crippen LogP contribution in [0.4, 0.5) is 0 Å². The minimum atomic E-state index is -1.77. The molecule has 484 valence electrons. The van der Waals surface area contributed by atoms with Gasteiger partial charge in [0.1, 0.15) is 58.0 Å². The summed E-state index contributed by atoms with van der Waals surface area (Å²) < 4.78 is 5.50. The summed E-state index contributed by atoms with van der Waals surface area (Å²) in [5, 5.41) is 28.8. The van der Waals surface area contributed by atoms with Gasteiger partial charge in [-0.1, -0.05) is 143 Å². The number of esters is 1. The summed E-state index contributed by atoms with van der Waals surface area (Å²) >= 11 is 0. The lowest BCUT2D eigenvalue weighted by atomic mass is 9.95. The van der Waals surface area contributed by atoms with Crippen LogP contribution in [0, 0.1) is 0 Å². The summed E-state index contributed by atoms with van der Waals surface area (Å²) in [6.07, 6.45) is 3.93. The van der Waals surface area contributed by atoms with Crippen molar-refractivity contribution in [2.24, 2.45) is 0 Å². The first-order valence-electron chi connectivity index (χ1n) is 30.4. The third-order valence-corrected chi connectivity index (χ3v) is 18.6. The SMILES string of the molecule is C[C@H](NC(=O)CCCCC1CCSS1)C(=O)NC(C)(C)C(=O)NC(C)(C)C(=O)N[C@@H](Cc1ccc2ccccc2c1)C(=O)NC(C)(C)C(=O)NC(C)(C)C(=O)N[C@@H](Cc1ccc2ccccc2c1)C(=O)NC(C)(C)C(=O)NC(C)(C)C(=O)OCc1ccccc1. The smallest absolute Gasteiger partial charge is 0.331 e. The summed E-state index contributed by atoms with van der Waals surface area (Å²) in [4.78, 5) is 140. The maximum absolute atomic E-state index is 14.6. The first-order chi connectivity index (χ1) is 42.1. The van der Waals surface area contributed by atoms with Gasteiger partial charge in [-0.3, -0.25) is 43.2 Å². The van der Waals surface area contributed by atoms with Gasteiger partial charge in [0.2, 0.25) is 53.2 Å². The molecule has 5 aromatic carbocycles. The maximum Gasteiger partial charge on any atom is 0.331 e. The molecule has 1 fully saturated rings. The number of nitrogens with one attached hydrogen (secondary N) is 9. The van der Waals surface area contributed by atoms with Crippen LogP contribution in [0.3, 0.4) is 0 Å². The zero-order chi connectivity index (χ0) is 66.4. The van der Waals surface area contributed by atoms with Crippen LogP contribution in [0.2, 0.25) is 0 Å². The predicted molar refractivity (Wildman–Crippen MR) is 353 cm³/mol. The molecule has 9 N–H and O–H groups in total. The van der Waals surface area contributed by atoms with Crippen molar-refractivity contribution in [2.45, 2.75) is 198 Å². The second kappa shape index (κ2) is 30.2. The highest BCUT2D eigenvalue weighted by molar-refractivity contribution is 8.77. The Hall–Kier alpha value is -7.98. The molecule has 22 heteroatoms. The quantitative estimate of drug-likeness (QED) is 0.0132. The fourth-order valence-corrected chi connectivity index (χ4v) is 12.7. The Morgan fingerprint density at radius 2 is 0.867 bits per heavy atom. The van der Waals surface area contributed by atoms with Crippen LogP contribution < -0.4 is 47.9 Å². The fourth-order valence-electron chi connectivity index (χ4n) is 9.67. The highest BCUT2D eigenvalue weighted by Gasteiger charge is 2.44. The van der Waals surface area contributed by atoms with Crippen LogP contribution in [-0.4, -0.2) is 121 Å². The Morgan fingerprint density at radius 3 is 1.31 bits per heavy atom. The third-order valence-electron chi connectivity index (χ3n) is 15.6. The Labute approximate surface area is 536 Å². The summed E-state index contributed by atoms with van der Waals surface area (Å²) in [6, 6.07) is 31.7. The Kier molecular flexibility index (Phi) is 23.9. The molecule has 20 nitrogen and oxygen atoms in total. The van der Waals surface area contributed by atoms with Gasteiger partial charge in [-0.2, -0.15) is 0 Å². The second-order valence-corrected chi connectivity index (χ2v) is 29.1. The molecule has 9 amide bonds. The third kappa shape index (κ3) is 20.3. The van der Waals surface area contributed by atoms with E-state index in [-0.39, 0.29) is 31.8 Å². The number of fused-ring (bicyclic) bond motifs is 2. The van der Waals surface area contributed by atoms with E-state index in [1.54, 1.807) is 12.1 Å². The molecule has 0 bridgehead atoms. The zero-order valence-corrected chi connectivity index (χ0v) is 55.6. The molecule has 0 aromatic heterocycles. The van der Waals surface area contributed by atoms with Gasteiger partial charge >= 0.3 is 5.97 Å². The van der Waals surface area contributed by atoms with Crippen molar-refractivity contribution in [3.05, 3.63) is 132 Å². The van der Waals surface area contributed by atoms with Crippen molar-refractivity contribution in [1.82, 2.24) is 47.9 Å². The lowest BCUT2D eigenvalue weighted by molar-refractivity contribution is -0.154. The van der Waals surface area contributed by atoms with Crippen LogP contribution in [0.25, 0.3) is 21.5 Å². The maximum atomic E-state index is 14.6. The predicted octanol–water partition coefficient (Wildman–Crippen LogP) is 7.08. The molecule has 5 aromatic rings. The van der Waals surface area contributed by atoms with Crippen molar-refractivity contribution in [1.29, 1.82) is 0 Å². The number of rotatable bonds is 29. The van der Waals surface area contributed by atoms with Gasteiger partial charge in [0.25, 0.3) is 0 Å². The molecule has 1 aliphatic heterocycles. The van der Waals surface area contributed by atoms with Crippen molar-refractivity contribution in [3.8, 4) is 0 Å². The van der Waals surface area contributed by atoms with E-state index in [9.17, 15) is 47.9 Å². The highest BCUT2D eigenvalue weighted by Crippen LogP contribution is 2.40. The minimum absolute atomic E-state index is 0.0250. The van der Waals surface area contributed by atoms with Gasteiger partial charge in [-0.15, -0.1) is 0 Å². The van der Waals surface area contributed by atoms with E-state index in [1.165, 1.54) is 90.0 Å². The molecule has 4 atom stereocenters. The number of carbonyl (C=O) groups is 10. The lowest BCUT2D eigenvalue weighted by Gasteiger charge is -2.35. The molecule has 0 radical (unpaired) electrons. The number of amides is 9. The van der Waals surface area contributed by atoms with Crippen LogP contribution in [0.1, 0.15) is 139 Å². The summed E-state index contributed by atoms with van der Waals surface area (Å²) in [7, 11) is 3.76. The van der Waals surface area contributed by atoms with E-state index >= 15 is 0 Å². The first kappa shape index (κ1) is 71.1. The molecule has 1 aliphatic rings. The van der Waals surface area contributed by atoms with Crippen molar-refractivity contribution in [2.75, 3.05) is 5.75 Å². The Morgan fingerprint density at radius 1 is 0.456 bits per heavy atom. The molecule has 6 rings (SSSR count). The molecule has 0 aliphatic carbocycles. The zero-order valence-electron chi connectivity index (χ0n) is 54.0. The average Bonchev–Trinajstić information content (AvgIpc) is 0.992. The first-order valence-corrected chi connectivity index (χ1v) is 32.8. The molecule has 1 saturated heterocycles. The minimum Gasteiger partial charge on any atom is -0.459 e. The van der Waals surface area contributed by atoms with Gasteiger partial charge in [-0.05, 0) is 148 Å². The number of ether oxygens (including phenoxy) is 1. The molecular weight excluding hydrogens is 1180 g/mol. The number of benzene rings is 5. The summed E-state index contributed by atoms with van der Waals surface area (Å²) in [5.74, 6) is -5.85. The number of unbranched alkanes of at least 4 members (excludes halogenated alkanes) is 1. The lowest BCUT2D eigenvalue weighted by Crippen LogP contribution is -2.67. The summed E-state index contributed by atoms with van der Waals surface area (Å²) in [6.45, 7) is 18.8. The molecule has 0 saturated carbocycles. The van der Waals surface area contributed by atoms with E-state index in [4.69, 9.17) is 4.74 Å². The van der Waals surface area contributed by atoms with Crippen LogP contribution in [0.5, 0.6) is 0 Å². The monoisotopic (exact) mass is 1270 g/mol. The molecular formula is C68H89N9O11S2. The van der Waals surface area contributed by atoms with Crippen LogP contribution >= 0.6 is 21.6 Å². The van der Waals surface area contributed by atoms with E-state index in [0.29, 0.717) is 22.8 Å². The summed E-state index contributed by atoms with van der Waals surface area (Å²) in [5.41, 5.74) is -7.89.